The third-order valence-electron chi connectivity index (χ3n) is 4.45. The summed E-state index contributed by atoms with van der Waals surface area (Å²) >= 11 is 0. The summed E-state index contributed by atoms with van der Waals surface area (Å²) in [6, 6.07) is 7.82. The Hall–Kier alpha value is -3.69. The number of hydrogen-bond acceptors (Lipinski definition) is 5. The van der Waals surface area contributed by atoms with Crippen LogP contribution in [0.5, 0.6) is 0 Å². The van der Waals surface area contributed by atoms with Gasteiger partial charge < -0.3 is 15.0 Å². The second-order valence-corrected chi connectivity index (χ2v) is 6.40. The molecule has 10 nitrogen and oxygen atoms in total. The summed E-state index contributed by atoms with van der Waals surface area (Å²) < 4.78 is 3.43. The Morgan fingerprint density at radius 1 is 1.14 bits per heavy atom. The molecule has 0 saturated carbocycles. The third-order valence-corrected chi connectivity index (χ3v) is 4.45. The molecule has 28 heavy (non-hydrogen) atoms. The van der Waals surface area contributed by atoms with Gasteiger partial charge >= 0.3 is 11.7 Å². The molecule has 0 bridgehead atoms. The first kappa shape index (κ1) is 19.1. The number of fused-ring (bicyclic) bond motifs is 1. The summed E-state index contributed by atoms with van der Waals surface area (Å²) in [5.41, 5.74) is -0.0923. The summed E-state index contributed by atoms with van der Waals surface area (Å²) in [7, 11) is 2.81. The maximum Gasteiger partial charge on any atom is 0.332 e. The zero-order valence-electron chi connectivity index (χ0n) is 15.3. The van der Waals surface area contributed by atoms with Crippen LogP contribution in [0, 0.1) is 0 Å². The Morgan fingerprint density at radius 3 is 2.46 bits per heavy atom. The number of carboxylic acids is 1. The first-order valence-corrected chi connectivity index (χ1v) is 8.46. The van der Waals surface area contributed by atoms with E-state index in [1.807, 2.05) is 6.07 Å². The number of carboxylic acid groups (broad SMARTS) is 1. The predicted molar refractivity (Wildman–Crippen MR) is 99.9 cm³/mol. The van der Waals surface area contributed by atoms with Crippen LogP contribution in [-0.4, -0.2) is 41.7 Å². The van der Waals surface area contributed by atoms with E-state index in [4.69, 9.17) is 0 Å². The lowest BCUT2D eigenvalue weighted by molar-refractivity contribution is -0.141. The highest BCUT2D eigenvalue weighted by Crippen LogP contribution is 2.06. The molecule has 0 aliphatic heterocycles. The van der Waals surface area contributed by atoms with Crippen LogP contribution in [0.25, 0.3) is 11.2 Å². The van der Waals surface area contributed by atoms with E-state index in [1.165, 1.54) is 29.6 Å². The Kier molecular flexibility index (Phi) is 5.12. The van der Waals surface area contributed by atoms with Crippen LogP contribution in [-0.2, 0) is 36.6 Å². The lowest BCUT2D eigenvalue weighted by Gasteiger charge is -2.15. The fourth-order valence-corrected chi connectivity index (χ4v) is 2.96. The Labute approximate surface area is 158 Å². The zero-order chi connectivity index (χ0) is 20.4. The van der Waals surface area contributed by atoms with Gasteiger partial charge in [-0.3, -0.25) is 18.7 Å². The molecule has 0 unspecified atom stereocenters. The number of benzene rings is 1. The minimum atomic E-state index is -1.16. The van der Waals surface area contributed by atoms with Crippen molar-refractivity contribution in [2.75, 3.05) is 0 Å². The van der Waals surface area contributed by atoms with E-state index in [9.17, 15) is 24.3 Å². The molecule has 1 amide bonds. The number of aromatic nitrogens is 4. The summed E-state index contributed by atoms with van der Waals surface area (Å²) in [6.45, 7) is -0.303. The second-order valence-electron chi connectivity index (χ2n) is 6.40. The van der Waals surface area contributed by atoms with E-state index in [0.29, 0.717) is 0 Å². The molecule has 0 aliphatic carbocycles. The van der Waals surface area contributed by atoms with Crippen LogP contribution in [0.2, 0.25) is 0 Å². The lowest BCUT2D eigenvalue weighted by Crippen LogP contribution is -2.44. The molecule has 1 atom stereocenters. The summed E-state index contributed by atoms with van der Waals surface area (Å²) in [4.78, 5) is 52.3. The topological polar surface area (TPSA) is 128 Å². The van der Waals surface area contributed by atoms with Gasteiger partial charge in [0, 0.05) is 20.5 Å². The number of imidazole rings is 1. The van der Waals surface area contributed by atoms with Crippen LogP contribution >= 0.6 is 0 Å². The van der Waals surface area contributed by atoms with Crippen LogP contribution in [0.3, 0.4) is 0 Å². The van der Waals surface area contributed by atoms with Crippen molar-refractivity contribution >= 4 is 23.0 Å². The standard InChI is InChI=1S/C18H19N5O5/c1-21-15-14(16(25)22(2)18(21)28)23(10-19-15)9-13(24)20-12(17(26)27)8-11-6-4-3-5-7-11/h3-7,10,12H,8-9H2,1-2H3,(H,20,24)(H,26,27)/t12-/m0/s1. The third kappa shape index (κ3) is 3.56. The number of nitrogens with zero attached hydrogens (tertiary/aromatic N) is 4. The van der Waals surface area contributed by atoms with Crippen molar-refractivity contribution in [2.24, 2.45) is 14.1 Å². The molecule has 0 spiro atoms. The van der Waals surface area contributed by atoms with Gasteiger partial charge in [0.25, 0.3) is 5.56 Å². The molecular formula is C18H19N5O5. The Bertz CT molecular complexity index is 1160. The van der Waals surface area contributed by atoms with Gasteiger partial charge in [0.2, 0.25) is 5.91 Å². The van der Waals surface area contributed by atoms with E-state index < -0.39 is 29.2 Å². The monoisotopic (exact) mass is 385 g/mol. The highest BCUT2D eigenvalue weighted by molar-refractivity contribution is 5.84. The van der Waals surface area contributed by atoms with Crippen molar-refractivity contribution < 1.29 is 14.7 Å². The van der Waals surface area contributed by atoms with Gasteiger partial charge in [-0.2, -0.15) is 0 Å². The number of rotatable bonds is 6. The second kappa shape index (κ2) is 7.51. The summed E-state index contributed by atoms with van der Waals surface area (Å²) in [6.07, 6.45) is 1.40. The fourth-order valence-electron chi connectivity index (χ4n) is 2.96. The van der Waals surface area contributed by atoms with Gasteiger partial charge in [-0.05, 0) is 5.56 Å². The van der Waals surface area contributed by atoms with E-state index in [1.54, 1.807) is 24.3 Å². The molecule has 2 aromatic heterocycles. The summed E-state index contributed by atoms with van der Waals surface area (Å²) in [5, 5.41) is 11.9. The van der Waals surface area contributed by atoms with Crippen LogP contribution in [0.4, 0.5) is 0 Å². The smallest absolute Gasteiger partial charge is 0.332 e. The van der Waals surface area contributed by atoms with Gasteiger partial charge in [-0.15, -0.1) is 0 Å². The van der Waals surface area contributed by atoms with Crippen molar-refractivity contribution in [3.8, 4) is 0 Å². The van der Waals surface area contributed by atoms with E-state index in [0.717, 1.165) is 10.1 Å². The zero-order valence-corrected chi connectivity index (χ0v) is 15.3. The first-order chi connectivity index (χ1) is 13.3. The Morgan fingerprint density at radius 2 is 1.82 bits per heavy atom. The number of hydrogen-bond donors (Lipinski definition) is 2. The van der Waals surface area contributed by atoms with Crippen molar-refractivity contribution in [3.63, 3.8) is 0 Å². The van der Waals surface area contributed by atoms with Gasteiger partial charge in [0.15, 0.2) is 11.2 Å². The van der Waals surface area contributed by atoms with E-state index in [-0.39, 0.29) is 24.1 Å². The Balaban J connectivity index is 1.83. The van der Waals surface area contributed by atoms with Crippen molar-refractivity contribution in [1.29, 1.82) is 0 Å². The molecule has 0 radical (unpaired) electrons. The number of aliphatic carboxylic acids is 1. The molecule has 3 aromatic rings. The van der Waals surface area contributed by atoms with Gasteiger partial charge in [0.1, 0.15) is 12.6 Å². The molecule has 146 valence electrons. The number of carbonyl (C=O) groups is 2. The maximum atomic E-state index is 12.4. The van der Waals surface area contributed by atoms with Crippen LogP contribution in [0.1, 0.15) is 5.56 Å². The molecule has 2 N–H and O–H groups in total. The van der Waals surface area contributed by atoms with Gasteiger partial charge in [-0.25, -0.2) is 14.6 Å². The molecule has 1 aromatic carbocycles. The lowest BCUT2D eigenvalue weighted by atomic mass is 10.1. The molecule has 0 fully saturated rings. The van der Waals surface area contributed by atoms with Crippen molar-refractivity contribution in [2.45, 2.75) is 19.0 Å². The minimum Gasteiger partial charge on any atom is -0.480 e. The average Bonchev–Trinajstić information content (AvgIpc) is 3.08. The first-order valence-electron chi connectivity index (χ1n) is 8.46. The largest absolute Gasteiger partial charge is 0.480 e. The average molecular weight is 385 g/mol. The van der Waals surface area contributed by atoms with Crippen molar-refractivity contribution in [3.05, 3.63) is 63.1 Å². The highest BCUT2D eigenvalue weighted by atomic mass is 16.4. The van der Waals surface area contributed by atoms with Crippen molar-refractivity contribution in [1.82, 2.24) is 24.0 Å². The van der Waals surface area contributed by atoms with Gasteiger partial charge in [0.05, 0.1) is 6.33 Å². The minimum absolute atomic E-state index is 0.0923. The highest BCUT2D eigenvalue weighted by Gasteiger charge is 2.22. The van der Waals surface area contributed by atoms with E-state index in [2.05, 4.69) is 10.3 Å². The normalized spacial score (nSPS) is 12.1. The number of carbonyl (C=O) groups excluding carboxylic acids is 1. The van der Waals surface area contributed by atoms with Crippen LogP contribution < -0.4 is 16.6 Å². The quantitative estimate of drug-likeness (QED) is 0.574. The summed E-state index contributed by atoms with van der Waals surface area (Å²) in [5.74, 6) is -1.75. The molecule has 10 heteroatoms. The SMILES string of the molecule is Cn1c(=O)c2c(ncn2CC(=O)N[C@@H](Cc2ccccc2)C(=O)O)n(C)c1=O. The number of aryl methyl sites for hydroxylation is 1. The predicted octanol–water partition coefficient (Wildman–Crippen LogP) is -0.754. The molecule has 2 heterocycles. The fraction of sp³-hybridized carbons (Fsp3) is 0.278. The maximum absolute atomic E-state index is 12.4. The number of amides is 1. The van der Waals surface area contributed by atoms with Gasteiger partial charge in [-0.1, -0.05) is 30.3 Å². The van der Waals surface area contributed by atoms with Crippen LogP contribution in [0.15, 0.2) is 46.2 Å². The molecule has 3 rings (SSSR count). The molecule has 0 aliphatic rings. The molecule has 0 saturated heterocycles. The van der Waals surface area contributed by atoms with E-state index >= 15 is 0 Å². The molecular weight excluding hydrogens is 366 g/mol. The number of nitrogens with one attached hydrogen (secondary N) is 1.